The lowest BCUT2D eigenvalue weighted by molar-refractivity contribution is 0.0924. The number of amides is 1. The number of hydrogen-bond donors (Lipinski definition) is 1. The lowest BCUT2D eigenvalue weighted by atomic mass is 9.93. The SMILES string of the molecule is COCCn1cc2c(n1)C(NC(=O)c1ccc(=O)n(-c3ccc(F)cc3)n1)CCC2. The Kier molecular flexibility index (Phi) is 5.71. The molecule has 0 fully saturated rings. The minimum absolute atomic E-state index is 0.102. The van der Waals surface area contributed by atoms with Crippen molar-refractivity contribution in [3.8, 4) is 5.69 Å². The average Bonchev–Trinajstić information content (AvgIpc) is 3.17. The van der Waals surface area contributed by atoms with Crippen LogP contribution in [0.25, 0.3) is 5.69 Å². The van der Waals surface area contributed by atoms with Gasteiger partial charge >= 0.3 is 0 Å². The smallest absolute Gasteiger partial charge is 0.272 e. The zero-order valence-corrected chi connectivity index (χ0v) is 16.5. The van der Waals surface area contributed by atoms with Crippen LogP contribution in [0.2, 0.25) is 0 Å². The molecule has 0 saturated heterocycles. The predicted octanol–water partition coefficient (Wildman–Crippen LogP) is 2.02. The molecule has 0 spiro atoms. The Morgan fingerprint density at radius 1 is 1.23 bits per heavy atom. The number of carbonyl (C=O) groups excluding carboxylic acids is 1. The zero-order valence-electron chi connectivity index (χ0n) is 16.5. The van der Waals surface area contributed by atoms with Gasteiger partial charge in [-0.25, -0.2) is 4.39 Å². The second-order valence-electron chi connectivity index (χ2n) is 7.16. The van der Waals surface area contributed by atoms with Crippen molar-refractivity contribution in [3.63, 3.8) is 0 Å². The van der Waals surface area contributed by atoms with E-state index >= 15 is 0 Å². The number of aryl methyl sites for hydroxylation is 1. The first-order valence-corrected chi connectivity index (χ1v) is 9.77. The summed E-state index contributed by atoms with van der Waals surface area (Å²) in [7, 11) is 1.64. The Balaban J connectivity index is 1.55. The van der Waals surface area contributed by atoms with Crippen LogP contribution in [0.3, 0.4) is 0 Å². The van der Waals surface area contributed by atoms with Crippen molar-refractivity contribution in [1.29, 1.82) is 0 Å². The van der Waals surface area contributed by atoms with Crippen molar-refractivity contribution >= 4 is 5.91 Å². The van der Waals surface area contributed by atoms with Crippen LogP contribution in [0.4, 0.5) is 4.39 Å². The van der Waals surface area contributed by atoms with E-state index in [-0.39, 0.29) is 11.7 Å². The maximum Gasteiger partial charge on any atom is 0.272 e. The number of nitrogens with one attached hydrogen (secondary N) is 1. The van der Waals surface area contributed by atoms with Crippen LogP contribution >= 0.6 is 0 Å². The van der Waals surface area contributed by atoms with E-state index < -0.39 is 17.3 Å². The van der Waals surface area contributed by atoms with E-state index in [1.807, 2.05) is 10.9 Å². The minimum atomic E-state index is -0.418. The molecule has 0 radical (unpaired) electrons. The number of rotatable bonds is 6. The molecule has 156 valence electrons. The van der Waals surface area contributed by atoms with Crippen molar-refractivity contribution in [1.82, 2.24) is 24.9 Å². The molecule has 4 rings (SSSR count). The molecule has 1 unspecified atom stereocenters. The van der Waals surface area contributed by atoms with E-state index in [9.17, 15) is 14.0 Å². The first-order chi connectivity index (χ1) is 14.5. The molecule has 1 aliphatic carbocycles. The molecule has 1 atom stereocenters. The van der Waals surface area contributed by atoms with E-state index in [1.54, 1.807) is 7.11 Å². The first-order valence-electron chi connectivity index (χ1n) is 9.77. The van der Waals surface area contributed by atoms with Crippen LogP contribution in [0.5, 0.6) is 0 Å². The molecule has 0 aliphatic heterocycles. The molecular weight excluding hydrogens is 389 g/mol. The van der Waals surface area contributed by atoms with Gasteiger partial charge in [-0.2, -0.15) is 14.9 Å². The second kappa shape index (κ2) is 8.58. The number of hydrogen-bond acceptors (Lipinski definition) is 5. The summed E-state index contributed by atoms with van der Waals surface area (Å²) in [5.74, 6) is -0.811. The maximum absolute atomic E-state index is 13.2. The summed E-state index contributed by atoms with van der Waals surface area (Å²) in [6.45, 7) is 1.21. The molecule has 9 heteroatoms. The molecule has 2 heterocycles. The van der Waals surface area contributed by atoms with E-state index in [0.29, 0.717) is 18.8 Å². The number of fused-ring (bicyclic) bond motifs is 1. The van der Waals surface area contributed by atoms with Crippen LogP contribution in [-0.4, -0.2) is 39.2 Å². The monoisotopic (exact) mass is 411 g/mol. The summed E-state index contributed by atoms with van der Waals surface area (Å²) >= 11 is 0. The van der Waals surface area contributed by atoms with Crippen LogP contribution < -0.4 is 10.9 Å². The quantitative estimate of drug-likeness (QED) is 0.670. The molecule has 1 amide bonds. The number of carbonyl (C=O) groups is 1. The van der Waals surface area contributed by atoms with Crippen molar-refractivity contribution in [3.05, 3.63) is 75.7 Å². The highest BCUT2D eigenvalue weighted by Crippen LogP contribution is 2.28. The van der Waals surface area contributed by atoms with Crippen molar-refractivity contribution in [2.24, 2.45) is 0 Å². The molecule has 1 aliphatic rings. The predicted molar refractivity (Wildman–Crippen MR) is 107 cm³/mol. The molecule has 3 aromatic rings. The van der Waals surface area contributed by atoms with Crippen molar-refractivity contribution in [2.75, 3.05) is 13.7 Å². The minimum Gasteiger partial charge on any atom is -0.383 e. The largest absolute Gasteiger partial charge is 0.383 e. The van der Waals surface area contributed by atoms with E-state index in [4.69, 9.17) is 4.74 Å². The van der Waals surface area contributed by atoms with Gasteiger partial charge < -0.3 is 10.1 Å². The summed E-state index contributed by atoms with van der Waals surface area (Å²) in [4.78, 5) is 25.0. The van der Waals surface area contributed by atoms with Gasteiger partial charge in [-0.1, -0.05) is 0 Å². The number of halogens is 1. The van der Waals surface area contributed by atoms with Crippen molar-refractivity contribution in [2.45, 2.75) is 31.8 Å². The summed E-state index contributed by atoms with van der Waals surface area (Å²) in [6, 6.07) is 7.78. The lowest BCUT2D eigenvalue weighted by Gasteiger charge is -2.22. The number of methoxy groups -OCH3 is 1. The van der Waals surface area contributed by atoms with Crippen LogP contribution in [0.15, 0.2) is 47.4 Å². The molecule has 2 aromatic heterocycles. The van der Waals surface area contributed by atoms with Crippen LogP contribution in [0.1, 0.15) is 40.6 Å². The third-order valence-electron chi connectivity index (χ3n) is 5.07. The molecule has 1 N–H and O–H groups in total. The third-order valence-corrected chi connectivity index (χ3v) is 5.07. The first kappa shape index (κ1) is 20.0. The van der Waals surface area contributed by atoms with E-state index in [0.717, 1.165) is 35.2 Å². The standard InChI is InChI=1S/C21H22FN5O3/c1-30-12-11-26-13-14-3-2-4-17(20(14)25-26)23-21(29)18-9-10-19(28)27(24-18)16-7-5-15(22)6-8-16/h5-10,13,17H,2-4,11-12H2,1H3,(H,23,29). The fourth-order valence-electron chi connectivity index (χ4n) is 3.57. The van der Waals surface area contributed by atoms with Gasteiger partial charge in [-0.3, -0.25) is 14.3 Å². The van der Waals surface area contributed by atoms with Gasteiger partial charge in [-0.05, 0) is 55.2 Å². The highest BCUT2D eigenvalue weighted by molar-refractivity contribution is 5.92. The second-order valence-corrected chi connectivity index (χ2v) is 7.16. The number of aromatic nitrogens is 4. The number of nitrogens with zero attached hydrogens (tertiary/aromatic N) is 4. The average molecular weight is 411 g/mol. The Morgan fingerprint density at radius 2 is 2.03 bits per heavy atom. The Hall–Kier alpha value is -3.33. The normalized spacial score (nSPS) is 15.6. The molecule has 30 heavy (non-hydrogen) atoms. The Morgan fingerprint density at radius 3 is 2.80 bits per heavy atom. The maximum atomic E-state index is 13.2. The van der Waals surface area contributed by atoms with Gasteiger partial charge in [0.2, 0.25) is 0 Å². The van der Waals surface area contributed by atoms with Gasteiger partial charge in [0.1, 0.15) is 11.5 Å². The fourth-order valence-corrected chi connectivity index (χ4v) is 3.57. The molecule has 1 aromatic carbocycles. The summed E-state index contributed by atoms with van der Waals surface area (Å²) < 4.78 is 21.2. The van der Waals surface area contributed by atoms with Gasteiger partial charge in [0, 0.05) is 19.4 Å². The lowest BCUT2D eigenvalue weighted by Crippen LogP contribution is -2.33. The summed E-state index contributed by atoms with van der Waals surface area (Å²) in [5, 5.41) is 11.8. The Bertz CT molecular complexity index is 1110. The highest BCUT2D eigenvalue weighted by Gasteiger charge is 2.26. The number of ether oxygens (including phenoxy) is 1. The topological polar surface area (TPSA) is 91.0 Å². The summed E-state index contributed by atoms with van der Waals surface area (Å²) in [6.07, 6.45) is 4.63. The molecule has 0 bridgehead atoms. The zero-order chi connectivity index (χ0) is 21.1. The molecule has 8 nitrogen and oxygen atoms in total. The van der Waals surface area contributed by atoms with Crippen LogP contribution in [0, 0.1) is 5.82 Å². The van der Waals surface area contributed by atoms with E-state index in [2.05, 4.69) is 15.5 Å². The fraction of sp³-hybridized carbons (Fsp3) is 0.333. The van der Waals surface area contributed by atoms with Gasteiger partial charge in [0.25, 0.3) is 11.5 Å². The number of benzene rings is 1. The van der Waals surface area contributed by atoms with Gasteiger partial charge in [0.15, 0.2) is 0 Å². The van der Waals surface area contributed by atoms with Gasteiger partial charge in [-0.15, -0.1) is 0 Å². The highest BCUT2D eigenvalue weighted by atomic mass is 19.1. The molecular formula is C21H22FN5O3. The van der Waals surface area contributed by atoms with Crippen molar-refractivity contribution < 1.29 is 13.9 Å². The van der Waals surface area contributed by atoms with Crippen LogP contribution in [-0.2, 0) is 17.7 Å². The summed E-state index contributed by atoms with van der Waals surface area (Å²) in [5.41, 5.74) is 2.05. The Labute approximate surface area is 172 Å². The molecule has 0 saturated carbocycles. The van der Waals surface area contributed by atoms with E-state index in [1.165, 1.54) is 36.4 Å². The van der Waals surface area contributed by atoms with Gasteiger partial charge in [0.05, 0.1) is 30.6 Å². The third kappa shape index (κ3) is 4.16.